The van der Waals surface area contributed by atoms with Crippen molar-refractivity contribution in [3.8, 4) is 11.3 Å². The van der Waals surface area contributed by atoms with Crippen molar-refractivity contribution in [2.75, 3.05) is 11.9 Å². The first kappa shape index (κ1) is 22.7. The Kier molecular flexibility index (Phi) is 6.11. The second-order valence-corrected chi connectivity index (χ2v) is 7.44. The van der Waals surface area contributed by atoms with Gasteiger partial charge in [0.1, 0.15) is 34.6 Å². The summed E-state index contributed by atoms with van der Waals surface area (Å²) >= 11 is 5.82. The number of imide groups is 1. The van der Waals surface area contributed by atoms with E-state index in [9.17, 15) is 28.9 Å². The number of nitro benzene ring substituents is 1. The molecule has 0 aliphatic carbocycles. The van der Waals surface area contributed by atoms with Crippen LogP contribution in [0.3, 0.4) is 0 Å². The number of hydrogen-bond donors (Lipinski definition) is 2. The lowest BCUT2D eigenvalue weighted by Crippen LogP contribution is -2.38. The van der Waals surface area contributed by atoms with E-state index in [0.29, 0.717) is 10.5 Å². The average Bonchev–Trinajstić information content (AvgIpc) is 3.36. The van der Waals surface area contributed by atoms with Gasteiger partial charge in [-0.3, -0.25) is 19.7 Å². The first-order chi connectivity index (χ1) is 16.2. The first-order valence-electron chi connectivity index (χ1n) is 9.66. The van der Waals surface area contributed by atoms with Gasteiger partial charge in [-0.25, -0.2) is 14.1 Å². The summed E-state index contributed by atoms with van der Waals surface area (Å²) < 4.78 is 19.3. The monoisotopic (exact) mass is 484 g/mol. The molecule has 4 rings (SSSR count). The van der Waals surface area contributed by atoms with Gasteiger partial charge in [-0.05, 0) is 36.4 Å². The van der Waals surface area contributed by atoms with Crippen molar-refractivity contribution in [1.29, 1.82) is 0 Å². The summed E-state index contributed by atoms with van der Waals surface area (Å²) in [5.74, 6) is -1.76. The highest BCUT2D eigenvalue weighted by Crippen LogP contribution is 2.31. The highest BCUT2D eigenvalue weighted by molar-refractivity contribution is 6.32. The van der Waals surface area contributed by atoms with Gasteiger partial charge in [-0.2, -0.15) is 0 Å². The quantitative estimate of drug-likeness (QED) is 0.233. The highest BCUT2D eigenvalue weighted by Gasteiger charge is 2.35. The second kappa shape index (κ2) is 9.16. The van der Waals surface area contributed by atoms with Crippen molar-refractivity contribution in [2.24, 2.45) is 0 Å². The summed E-state index contributed by atoms with van der Waals surface area (Å²) in [5.41, 5.74) is -0.139. The van der Waals surface area contributed by atoms with Crippen LogP contribution in [0, 0.1) is 15.9 Å². The Morgan fingerprint density at radius 3 is 2.71 bits per heavy atom. The molecule has 34 heavy (non-hydrogen) atoms. The number of amides is 4. The molecule has 10 nitrogen and oxygen atoms in total. The van der Waals surface area contributed by atoms with Crippen LogP contribution in [0.15, 0.2) is 64.7 Å². The Morgan fingerprint density at radius 1 is 1.21 bits per heavy atom. The minimum Gasteiger partial charge on any atom is -0.457 e. The third-order valence-corrected chi connectivity index (χ3v) is 5.07. The zero-order chi connectivity index (χ0) is 24.4. The third-order valence-electron chi connectivity index (χ3n) is 4.75. The Labute approximate surface area is 195 Å². The van der Waals surface area contributed by atoms with Crippen LogP contribution < -0.4 is 10.6 Å². The minimum absolute atomic E-state index is 0.0268. The molecule has 2 N–H and O–H groups in total. The topological polar surface area (TPSA) is 135 Å². The van der Waals surface area contributed by atoms with E-state index < -0.39 is 35.1 Å². The largest absolute Gasteiger partial charge is 0.457 e. The normalized spacial score (nSPS) is 14.4. The van der Waals surface area contributed by atoms with Crippen molar-refractivity contribution in [1.82, 2.24) is 10.2 Å². The lowest BCUT2D eigenvalue weighted by atomic mass is 10.1. The van der Waals surface area contributed by atoms with Crippen LogP contribution in [0.1, 0.15) is 5.76 Å². The number of para-hydroxylation sites is 1. The zero-order valence-electron chi connectivity index (χ0n) is 17.1. The first-order valence-corrected chi connectivity index (χ1v) is 10.0. The maximum absolute atomic E-state index is 13.7. The molecule has 3 aromatic rings. The molecule has 1 aromatic heterocycles. The van der Waals surface area contributed by atoms with E-state index in [-0.39, 0.29) is 33.6 Å². The molecular formula is C22H14ClFN4O6. The molecule has 0 unspecified atom stereocenters. The Bertz CT molecular complexity index is 1370. The highest BCUT2D eigenvalue weighted by atomic mass is 35.5. The smallest absolute Gasteiger partial charge is 0.329 e. The number of benzene rings is 2. The summed E-state index contributed by atoms with van der Waals surface area (Å²) in [6, 6.07) is 11.8. The Morgan fingerprint density at radius 2 is 1.97 bits per heavy atom. The van der Waals surface area contributed by atoms with Crippen molar-refractivity contribution >= 4 is 46.9 Å². The van der Waals surface area contributed by atoms with Crippen LogP contribution in [0.5, 0.6) is 0 Å². The fraction of sp³-hybridized carbons (Fsp3) is 0.0455. The molecule has 2 heterocycles. The molecule has 1 saturated heterocycles. The van der Waals surface area contributed by atoms with Crippen LogP contribution in [0.25, 0.3) is 17.4 Å². The van der Waals surface area contributed by atoms with Gasteiger partial charge in [-0.1, -0.05) is 23.7 Å². The standard InChI is InChI=1S/C22H14ClFN4O6/c23-14-7-5-12(9-18(14)28(32)33)19-8-6-13(34-19)10-17-21(30)27(22(31)26-17)11-20(29)25-16-4-2-1-3-15(16)24/h1-10H,11H2,(H,25,29)(H,26,31)/b17-10-. The number of carbonyl (C=O) groups excluding carboxylic acids is 3. The zero-order valence-corrected chi connectivity index (χ0v) is 17.8. The van der Waals surface area contributed by atoms with Crippen LogP contribution in [-0.4, -0.2) is 34.2 Å². The van der Waals surface area contributed by atoms with E-state index >= 15 is 0 Å². The van der Waals surface area contributed by atoms with Gasteiger partial charge in [0.15, 0.2) is 0 Å². The van der Waals surface area contributed by atoms with E-state index in [1.54, 1.807) is 0 Å². The molecule has 0 atom stereocenters. The molecule has 0 bridgehead atoms. The maximum atomic E-state index is 13.7. The lowest BCUT2D eigenvalue weighted by Gasteiger charge is -2.12. The van der Waals surface area contributed by atoms with Crippen LogP contribution in [0.2, 0.25) is 5.02 Å². The molecular weight excluding hydrogens is 471 g/mol. The molecule has 1 aliphatic rings. The van der Waals surface area contributed by atoms with Crippen molar-refractivity contribution in [3.63, 3.8) is 0 Å². The summed E-state index contributed by atoms with van der Waals surface area (Å²) in [6.07, 6.45) is 1.25. The predicted molar refractivity (Wildman–Crippen MR) is 119 cm³/mol. The fourth-order valence-electron chi connectivity index (χ4n) is 3.14. The molecule has 4 amide bonds. The van der Waals surface area contributed by atoms with E-state index in [1.165, 1.54) is 54.6 Å². The van der Waals surface area contributed by atoms with Gasteiger partial charge < -0.3 is 15.1 Å². The SMILES string of the molecule is O=C(CN1C(=O)N/C(=C\c2ccc(-c3ccc(Cl)c([N+](=O)[O-])c3)o2)C1=O)Nc1ccccc1F. The number of urea groups is 1. The van der Waals surface area contributed by atoms with Crippen LogP contribution >= 0.6 is 11.6 Å². The molecule has 0 saturated carbocycles. The maximum Gasteiger partial charge on any atom is 0.329 e. The number of nitro groups is 1. The third kappa shape index (κ3) is 4.64. The molecule has 0 radical (unpaired) electrons. The number of furan rings is 1. The molecule has 12 heteroatoms. The van der Waals surface area contributed by atoms with Crippen molar-refractivity contribution in [3.05, 3.63) is 87.0 Å². The summed E-state index contributed by atoms with van der Waals surface area (Å²) in [7, 11) is 0. The van der Waals surface area contributed by atoms with E-state index in [1.807, 2.05) is 0 Å². The summed E-state index contributed by atoms with van der Waals surface area (Å²) in [4.78, 5) is 48.1. The van der Waals surface area contributed by atoms with Gasteiger partial charge in [-0.15, -0.1) is 0 Å². The molecule has 2 aromatic carbocycles. The van der Waals surface area contributed by atoms with Gasteiger partial charge in [0.2, 0.25) is 5.91 Å². The Balaban J connectivity index is 1.48. The van der Waals surface area contributed by atoms with Crippen LogP contribution in [-0.2, 0) is 9.59 Å². The molecule has 0 spiro atoms. The number of carbonyl (C=O) groups is 3. The van der Waals surface area contributed by atoms with E-state index in [4.69, 9.17) is 16.0 Å². The number of rotatable bonds is 6. The number of hydrogen-bond acceptors (Lipinski definition) is 6. The number of nitrogens with zero attached hydrogens (tertiary/aromatic N) is 2. The van der Waals surface area contributed by atoms with E-state index in [2.05, 4.69) is 10.6 Å². The summed E-state index contributed by atoms with van der Waals surface area (Å²) in [5, 5.41) is 15.7. The number of halogens is 2. The molecule has 1 fully saturated rings. The van der Waals surface area contributed by atoms with E-state index in [0.717, 1.165) is 6.07 Å². The van der Waals surface area contributed by atoms with Crippen LogP contribution in [0.4, 0.5) is 20.6 Å². The minimum atomic E-state index is -0.833. The van der Waals surface area contributed by atoms with Gasteiger partial charge in [0.25, 0.3) is 11.6 Å². The molecule has 172 valence electrons. The van der Waals surface area contributed by atoms with Gasteiger partial charge >= 0.3 is 6.03 Å². The average molecular weight is 485 g/mol. The fourth-order valence-corrected chi connectivity index (χ4v) is 3.33. The summed E-state index contributed by atoms with van der Waals surface area (Å²) in [6.45, 7) is -0.631. The van der Waals surface area contributed by atoms with Crippen molar-refractivity contribution in [2.45, 2.75) is 0 Å². The Hall–Kier alpha value is -4.51. The second-order valence-electron chi connectivity index (χ2n) is 7.03. The number of nitrogens with one attached hydrogen (secondary N) is 2. The van der Waals surface area contributed by atoms with Gasteiger partial charge in [0.05, 0.1) is 10.6 Å². The lowest BCUT2D eigenvalue weighted by molar-refractivity contribution is -0.384. The van der Waals surface area contributed by atoms with Gasteiger partial charge in [0, 0.05) is 17.7 Å². The number of anilines is 1. The van der Waals surface area contributed by atoms with Crippen molar-refractivity contribution < 1.29 is 28.1 Å². The molecule has 1 aliphatic heterocycles. The predicted octanol–water partition coefficient (Wildman–Crippen LogP) is 4.18.